The van der Waals surface area contributed by atoms with Crippen LogP contribution in [0.25, 0.3) is 0 Å². The molecule has 1 N–H and O–H groups in total. The first kappa shape index (κ1) is 17.0. The Balaban J connectivity index is 2.90. The topological polar surface area (TPSA) is 49.4 Å². The van der Waals surface area contributed by atoms with Gasteiger partial charge in [0.05, 0.1) is 0 Å². The van der Waals surface area contributed by atoms with Gasteiger partial charge in [-0.3, -0.25) is 9.59 Å². The molecule has 1 heterocycles. The van der Waals surface area contributed by atoms with Gasteiger partial charge in [0.15, 0.2) is 0 Å². The second-order valence-electron chi connectivity index (χ2n) is 7.44. The predicted molar refractivity (Wildman–Crippen MR) is 81.3 cm³/mol. The molecule has 1 fully saturated rings. The van der Waals surface area contributed by atoms with E-state index in [1.807, 2.05) is 20.8 Å². The number of unbranched alkanes of at least 4 members (excludes halogenated alkanes) is 3. The summed E-state index contributed by atoms with van der Waals surface area (Å²) < 4.78 is 0. The van der Waals surface area contributed by atoms with Crippen LogP contribution >= 0.6 is 0 Å². The Hall–Kier alpha value is -1.06. The van der Waals surface area contributed by atoms with E-state index in [2.05, 4.69) is 12.2 Å². The predicted octanol–water partition coefficient (Wildman–Crippen LogP) is 2.72. The fourth-order valence-electron chi connectivity index (χ4n) is 2.85. The van der Waals surface area contributed by atoms with E-state index in [9.17, 15) is 9.59 Å². The van der Waals surface area contributed by atoms with Gasteiger partial charge in [-0.05, 0) is 25.7 Å². The fourth-order valence-corrected chi connectivity index (χ4v) is 2.85. The summed E-state index contributed by atoms with van der Waals surface area (Å²) in [6.07, 6.45) is 4.43. The molecule has 0 spiro atoms. The van der Waals surface area contributed by atoms with Gasteiger partial charge in [0.1, 0.15) is 11.6 Å². The monoisotopic (exact) mass is 282 g/mol. The van der Waals surface area contributed by atoms with Crippen LogP contribution in [0.2, 0.25) is 0 Å². The molecule has 1 aliphatic heterocycles. The number of nitrogens with zero attached hydrogens (tertiary/aromatic N) is 1. The number of nitrogens with one attached hydrogen (secondary N) is 1. The van der Waals surface area contributed by atoms with Gasteiger partial charge in [-0.2, -0.15) is 0 Å². The van der Waals surface area contributed by atoms with Crippen molar-refractivity contribution in [1.82, 2.24) is 10.2 Å². The summed E-state index contributed by atoms with van der Waals surface area (Å²) in [6, 6.07) is -0.371. The van der Waals surface area contributed by atoms with Crippen molar-refractivity contribution in [1.29, 1.82) is 0 Å². The first-order chi connectivity index (χ1) is 9.11. The number of carbonyl (C=O) groups is 2. The van der Waals surface area contributed by atoms with Crippen LogP contribution in [0.4, 0.5) is 0 Å². The van der Waals surface area contributed by atoms with Crippen molar-refractivity contribution < 1.29 is 9.59 Å². The molecule has 2 amide bonds. The minimum absolute atomic E-state index is 0.0300. The van der Waals surface area contributed by atoms with Gasteiger partial charge in [0.2, 0.25) is 11.8 Å². The standard InChI is InChI=1S/C16H30N2O2/c1-7-8-9-10-11-18-12(15(2,3)4)13(19)17-16(5,6)14(18)20/h12H,7-11H2,1-6H3,(H,17,19). The average molecular weight is 282 g/mol. The lowest BCUT2D eigenvalue weighted by Gasteiger charge is -2.47. The van der Waals surface area contributed by atoms with Crippen LogP contribution < -0.4 is 5.32 Å². The third-order valence-electron chi connectivity index (χ3n) is 3.86. The van der Waals surface area contributed by atoms with Crippen molar-refractivity contribution in [2.24, 2.45) is 5.41 Å². The van der Waals surface area contributed by atoms with E-state index < -0.39 is 5.54 Å². The number of piperazine rings is 1. The van der Waals surface area contributed by atoms with Crippen molar-refractivity contribution in [3.63, 3.8) is 0 Å². The number of hydrogen-bond acceptors (Lipinski definition) is 2. The molecule has 4 nitrogen and oxygen atoms in total. The second-order valence-corrected chi connectivity index (χ2v) is 7.44. The summed E-state index contributed by atoms with van der Waals surface area (Å²) in [5, 5.41) is 2.86. The average Bonchev–Trinajstić information content (AvgIpc) is 2.28. The molecule has 0 bridgehead atoms. The quantitative estimate of drug-likeness (QED) is 0.788. The Morgan fingerprint density at radius 2 is 1.75 bits per heavy atom. The Kier molecular flexibility index (Phi) is 5.22. The summed E-state index contributed by atoms with van der Waals surface area (Å²) in [5.41, 5.74) is -1.04. The molecule has 1 aliphatic rings. The van der Waals surface area contributed by atoms with E-state index in [4.69, 9.17) is 0 Å². The van der Waals surface area contributed by atoms with E-state index in [0.717, 1.165) is 12.8 Å². The molecule has 20 heavy (non-hydrogen) atoms. The van der Waals surface area contributed by atoms with Gasteiger partial charge in [-0.25, -0.2) is 0 Å². The summed E-state index contributed by atoms with van der Waals surface area (Å²) in [6.45, 7) is 12.5. The van der Waals surface area contributed by atoms with Gasteiger partial charge in [0.25, 0.3) is 0 Å². The molecule has 0 radical (unpaired) electrons. The Morgan fingerprint density at radius 1 is 1.15 bits per heavy atom. The highest BCUT2D eigenvalue weighted by atomic mass is 16.2. The zero-order chi connectivity index (χ0) is 15.6. The van der Waals surface area contributed by atoms with Crippen molar-refractivity contribution in [3.05, 3.63) is 0 Å². The zero-order valence-corrected chi connectivity index (χ0v) is 13.9. The number of hydrogen-bond donors (Lipinski definition) is 1. The van der Waals surface area contributed by atoms with Crippen molar-refractivity contribution in [2.75, 3.05) is 6.54 Å². The highest BCUT2D eigenvalue weighted by Crippen LogP contribution is 2.30. The fraction of sp³-hybridized carbons (Fsp3) is 0.875. The van der Waals surface area contributed by atoms with Crippen molar-refractivity contribution >= 4 is 11.8 Å². The zero-order valence-electron chi connectivity index (χ0n) is 13.9. The van der Waals surface area contributed by atoms with Crippen LogP contribution in [0.5, 0.6) is 0 Å². The van der Waals surface area contributed by atoms with Gasteiger partial charge < -0.3 is 10.2 Å². The largest absolute Gasteiger partial charge is 0.340 e. The van der Waals surface area contributed by atoms with Crippen LogP contribution in [0.15, 0.2) is 0 Å². The Bertz CT molecular complexity index is 369. The summed E-state index contributed by atoms with van der Waals surface area (Å²) in [4.78, 5) is 26.8. The first-order valence-corrected chi connectivity index (χ1v) is 7.74. The normalized spacial score (nSPS) is 22.9. The molecule has 4 heteroatoms. The van der Waals surface area contributed by atoms with Crippen LogP contribution in [0, 0.1) is 5.41 Å². The number of carbonyl (C=O) groups excluding carboxylic acids is 2. The first-order valence-electron chi connectivity index (χ1n) is 7.74. The molecule has 1 atom stereocenters. The molecular formula is C16H30N2O2. The Labute approximate surface area is 123 Å². The van der Waals surface area contributed by atoms with Gasteiger partial charge in [0, 0.05) is 6.54 Å². The van der Waals surface area contributed by atoms with Gasteiger partial charge >= 0.3 is 0 Å². The minimum Gasteiger partial charge on any atom is -0.340 e. The molecular weight excluding hydrogens is 252 g/mol. The second kappa shape index (κ2) is 6.15. The molecule has 1 rings (SSSR count). The Morgan fingerprint density at radius 3 is 2.25 bits per heavy atom. The van der Waals surface area contributed by atoms with Gasteiger partial charge in [-0.15, -0.1) is 0 Å². The third-order valence-corrected chi connectivity index (χ3v) is 3.86. The molecule has 1 unspecified atom stereocenters. The molecule has 1 saturated heterocycles. The third kappa shape index (κ3) is 3.74. The maximum atomic E-state index is 12.6. The van der Waals surface area contributed by atoms with Crippen molar-refractivity contribution in [2.45, 2.75) is 78.8 Å². The molecule has 0 aliphatic carbocycles. The van der Waals surface area contributed by atoms with Gasteiger partial charge in [-0.1, -0.05) is 47.0 Å². The maximum Gasteiger partial charge on any atom is 0.248 e. The van der Waals surface area contributed by atoms with Crippen LogP contribution in [0.3, 0.4) is 0 Å². The van der Waals surface area contributed by atoms with E-state index in [-0.39, 0.29) is 23.3 Å². The summed E-state index contributed by atoms with van der Waals surface area (Å²) in [5.74, 6) is 0.00566. The minimum atomic E-state index is -0.788. The highest BCUT2D eigenvalue weighted by Gasteiger charge is 2.49. The molecule has 116 valence electrons. The molecule has 0 saturated carbocycles. The lowest BCUT2D eigenvalue weighted by atomic mass is 9.81. The lowest BCUT2D eigenvalue weighted by molar-refractivity contribution is -0.158. The summed E-state index contributed by atoms with van der Waals surface area (Å²) >= 11 is 0. The number of amides is 2. The van der Waals surface area contributed by atoms with Crippen LogP contribution in [-0.4, -0.2) is 34.8 Å². The number of rotatable bonds is 5. The molecule has 0 aromatic carbocycles. The van der Waals surface area contributed by atoms with E-state index in [1.54, 1.807) is 18.7 Å². The lowest BCUT2D eigenvalue weighted by Crippen LogP contribution is -2.70. The van der Waals surface area contributed by atoms with E-state index in [1.165, 1.54) is 12.8 Å². The summed E-state index contributed by atoms with van der Waals surface area (Å²) in [7, 11) is 0. The van der Waals surface area contributed by atoms with E-state index in [0.29, 0.717) is 6.54 Å². The highest BCUT2D eigenvalue weighted by molar-refractivity contribution is 5.99. The van der Waals surface area contributed by atoms with Crippen LogP contribution in [-0.2, 0) is 9.59 Å². The maximum absolute atomic E-state index is 12.6. The smallest absolute Gasteiger partial charge is 0.248 e. The van der Waals surface area contributed by atoms with Crippen LogP contribution in [0.1, 0.15) is 67.2 Å². The molecule has 0 aromatic heterocycles. The van der Waals surface area contributed by atoms with Crippen molar-refractivity contribution in [3.8, 4) is 0 Å². The van der Waals surface area contributed by atoms with E-state index >= 15 is 0 Å². The molecule has 0 aromatic rings. The SMILES string of the molecule is CCCCCCN1C(=O)C(C)(C)NC(=O)C1C(C)(C)C.